The minimum absolute atomic E-state index is 0.530. The molecule has 1 aromatic heterocycles. The van der Waals surface area contributed by atoms with Gasteiger partial charge in [0.05, 0.1) is 0 Å². The normalized spacial score (nSPS) is 23.2. The van der Waals surface area contributed by atoms with Crippen molar-refractivity contribution in [3.8, 4) is 10.4 Å². The molecule has 3 rings (SSSR count). The van der Waals surface area contributed by atoms with Gasteiger partial charge in [-0.15, -0.1) is 0 Å². The van der Waals surface area contributed by atoms with Crippen LogP contribution >= 0.6 is 11.3 Å². The van der Waals surface area contributed by atoms with E-state index in [1.807, 2.05) is 11.3 Å². The van der Waals surface area contributed by atoms with E-state index in [4.69, 9.17) is 0 Å². The van der Waals surface area contributed by atoms with E-state index in [-0.39, 0.29) is 0 Å². The molecule has 0 aliphatic heterocycles. The summed E-state index contributed by atoms with van der Waals surface area (Å²) >= 11 is 3.52. The third-order valence-corrected chi connectivity index (χ3v) is 4.98. The second-order valence-electron chi connectivity index (χ2n) is 4.83. The molecule has 0 fully saturated rings. The fraction of sp³-hybridized carbons (Fsp3) is 0.286. The monoisotopic (exact) mass is 303 g/mol. The summed E-state index contributed by atoms with van der Waals surface area (Å²) in [4.78, 5) is 1.42. The summed E-state index contributed by atoms with van der Waals surface area (Å²) in [5.41, 5.74) is 4.65. The van der Waals surface area contributed by atoms with Gasteiger partial charge in [-0.3, -0.25) is 0 Å². The van der Waals surface area contributed by atoms with E-state index >= 15 is 0 Å². The van der Waals surface area contributed by atoms with Crippen molar-refractivity contribution in [1.82, 2.24) is 0 Å². The third-order valence-electron chi connectivity index (χ3n) is 3.21. The quantitative estimate of drug-likeness (QED) is 0.739. The zero-order chi connectivity index (χ0) is 11.2. The fourth-order valence-corrected chi connectivity index (χ4v) is 4.23. The van der Waals surface area contributed by atoms with Crippen LogP contribution in [0.4, 0.5) is 0 Å². The SMILES string of the molecule is C[C]1([Zr])Cc2cccc(-c3cccs3)c2C1. The molecular formula is C14H13SZr. The summed E-state index contributed by atoms with van der Waals surface area (Å²) in [5.74, 6) is 0. The summed E-state index contributed by atoms with van der Waals surface area (Å²) in [6.07, 6.45) is 2.52. The number of fused-ring (bicyclic) bond motifs is 1. The van der Waals surface area contributed by atoms with Crippen LogP contribution < -0.4 is 0 Å². The van der Waals surface area contributed by atoms with Gasteiger partial charge < -0.3 is 0 Å². The van der Waals surface area contributed by atoms with Crippen LogP contribution in [0, 0.1) is 0 Å². The first-order valence-electron chi connectivity index (χ1n) is 5.55. The molecule has 0 nitrogen and oxygen atoms in total. The Morgan fingerprint density at radius 3 is 2.81 bits per heavy atom. The van der Waals surface area contributed by atoms with Crippen LogP contribution in [0.5, 0.6) is 0 Å². The molecular weight excluding hydrogens is 291 g/mol. The molecule has 2 heteroatoms. The van der Waals surface area contributed by atoms with Gasteiger partial charge in [-0.25, -0.2) is 0 Å². The van der Waals surface area contributed by atoms with Crippen LogP contribution in [0.3, 0.4) is 0 Å². The molecule has 1 aliphatic carbocycles. The first-order valence-corrected chi connectivity index (χ1v) is 7.66. The van der Waals surface area contributed by atoms with Gasteiger partial charge in [-0.05, 0) is 0 Å². The van der Waals surface area contributed by atoms with Crippen molar-refractivity contribution in [2.24, 2.45) is 0 Å². The predicted octanol–water partition coefficient (Wildman–Crippen LogP) is 4.24. The Morgan fingerprint density at radius 1 is 1.19 bits per heavy atom. The number of hydrogen-bond acceptors (Lipinski definition) is 1. The van der Waals surface area contributed by atoms with Crippen LogP contribution in [0.2, 0.25) is 3.12 Å². The van der Waals surface area contributed by atoms with Gasteiger partial charge in [-0.1, -0.05) is 0 Å². The Labute approximate surface area is 116 Å². The molecule has 16 heavy (non-hydrogen) atoms. The third kappa shape index (κ3) is 1.87. The molecule has 0 spiro atoms. The number of hydrogen-bond donors (Lipinski definition) is 0. The Hall–Kier alpha value is -0.197. The van der Waals surface area contributed by atoms with Crippen LogP contribution in [0.15, 0.2) is 35.7 Å². The van der Waals surface area contributed by atoms with Crippen molar-refractivity contribution < 1.29 is 24.7 Å². The predicted molar refractivity (Wildman–Crippen MR) is 65.5 cm³/mol. The maximum absolute atomic E-state index is 2.41. The van der Waals surface area contributed by atoms with E-state index in [9.17, 15) is 0 Å². The maximum atomic E-state index is 2.41. The molecule has 1 aliphatic rings. The van der Waals surface area contributed by atoms with Crippen LogP contribution in [0.25, 0.3) is 10.4 Å². The zero-order valence-corrected chi connectivity index (χ0v) is 12.6. The summed E-state index contributed by atoms with van der Waals surface area (Å²) in [5, 5.41) is 2.17. The van der Waals surface area contributed by atoms with Gasteiger partial charge in [0.2, 0.25) is 0 Å². The fourth-order valence-electron chi connectivity index (χ4n) is 2.54. The molecule has 0 saturated carbocycles. The number of rotatable bonds is 1. The van der Waals surface area contributed by atoms with Crippen molar-refractivity contribution in [2.75, 3.05) is 0 Å². The first kappa shape index (κ1) is 10.9. The summed E-state index contributed by atoms with van der Waals surface area (Å²) in [6, 6.07) is 11.2. The molecule has 0 radical (unpaired) electrons. The van der Waals surface area contributed by atoms with E-state index in [1.165, 1.54) is 23.3 Å². The molecule has 1 atom stereocenters. The summed E-state index contributed by atoms with van der Waals surface area (Å²) in [6.45, 7) is 2.41. The molecule has 2 aromatic rings. The Bertz CT molecular complexity index is 512. The molecule has 79 valence electrons. The zero-order valence-electron chi connectivity index (χ0n) is 9.29. The van der Waals surface area contributed by atoms with Crippen molar-refractivity contribution >= 4 is 11.3 Å². The molecule has 1 heterocycles. The van der Waals surface area contributed by atoms with E-state index in [0.29, 0.717) is 3.12 Å². The van der Waals surface area contributed by atoms with Crippen molar-refractivity contribution in [3.63, 3.8) is 0 Å². The molecule has 1 aromatic carbocycles. The van der Waals surface area contributed by atoms with Gasteiger partial charge in [0.25, 0.3) is 0 Å². The van der Waals surface area contributed by atoms with Gasteiger partial charge in [0, 0.05) is 0 Å². The van der Waals surface area contributed by atoms with Gasteiger partial charge in [-0.2, -0.15) is 0 Å². The number of thiophene rings is 1. The molecule has 0 amide bonds. The van der Waals surface area contributed by atoms with Crippen molar-refractivity contribution in [2.45, 2.75) is 22.9 Å². The summed E-state index contributed by atoms with van der Waals surface area (Å²) < 4.78 is 0.530. The van der Waals surface area contributed by atoms with Crippen LogP contribution in [0.1, 0.15) is 18.1 Å². The molecule has 0 N–H and O–H groups in total. The molecule has 1 unspecified atom stereocenters. The minimum atomic E-state index is 0.530. The topological polar surface area (TPSA) is 0 Å². The second kappa shape index (κ2) is 3.93. The van der Waals surface area contributed by atoms with E-state index < -0.39 is 0 Å². The average Bonchev–Trinajstić information content (AvgIpc) is 2.80. The average molecular weight is 305 g/mol. The Kier molecular flexibility index (Phi) is 2.68. The second-order valence-corrected chi connectivity index (χ2v) is 8.75. The van der Waals surface area contributed by atoms with Gasteiger partial charge in [0.1, 0.15) is 0 Å². The van der Waals surface area contributed by atoms with Crippen LogP contribution in [-0.4, -0.2) is 0 Å². The van der Waals surface area contributed by atoms with Crippen LogP contribution in [-0.2, 0) is 37.6 Å². The van der Waals surface area contributed by atoms with E-state index in [1.54, 1.807) is 35.8 Å². The first-order chi connectivity index (χ1) is 7.66. The summed E-state index contributed by atoms with van der Waals surface area (Å²) in [7, 11) is 0. The molecule has 0 saturated heterocycles. The van der Waals surface area contributed by atoms with E-state index in [0.717, 1.165) is 0 Å². The van der Waals surface area contributed by atoms with E-state index in [2.05, 4.69) is 42.6 Å². The standard InChI is InChI=1S/C14H13S.Zr/c1-10-8-11-4-2-5-12(13(11)9-10)14-6-3-7-15-14;/h2-7H,8-9H2,1H3;. The Balaban J connectivity index is 2.14. The van der Waals surface area contributed by atoms with Gasteiger partial charge >= 0.3 is 116 Å². The molecule has 0 bridgehead atoms. The van der Waals surface area contributed by atoms with Gasteiger partial charge in [0.15, 0.2) is 0 Å². The van der Waals surface area contributed by atoms with Crippen molar-refractivity contribution in [1.29, 1.82) is 0 Å². The number of benzene rings is 1. The Morgan fingerprint density at radius 2 is 2.06 bits per heavy atom. The van der Waals surface area contributed by atoms with Crippen molar-refractivity contribution in [3.05, 3.63) is 46.8 Å².